The number of aromatic hydroxyl groups is 1. The summed E-state index contributed by atoms with van der Waals surface area (Å²) in [5.41, 5.74) is -0.595. The van der Waals surface area contributed by atoms with E-state index in [2.05, 4.69) is 0 Å². The largest absolute Gasteiger partial charge is 0.503 e. The third kappa shape index (κ3) is 1.37. The van der Waals surface area contributed by atoms with Gasteiger partial charge in [0.05, 0.1) is 6.20 Å². The molecular formula is C6H5NO4. The van der Waals surface area contributed by atoms with Gasteiger partial charge < -0.3 is 10.2 Å². The van der Waals surface area contributed by atoms with Crippen molar-refractivity contribution in [1.82, 2.24) is 4.57 Å². The molecule has 1 heterocycles. The second kappa shape index (κ2) is 2.45. The van der Waals surface area contributed by atoms with Crippen LogP contribution in [-0.2, 0) is 0 Å². The van der Waals surface area contributed by atoms with Crippen LogP contribution >= 0.6 is 0 Å². The molecule has 0 amide bonds. The lowest BCUT2D eigenvalue weighted by atomic mass is 10.4. The van der Waals surface area contributed by atoms with Gasteiger partial charge in [-0.1, -0.05) is 0 Å². The molecule has 2 N–H and O–H groups in total. The highest BCUT2D eigenvalue weighted by Gasteiger charge is 2.00. The molecule has 0 radical (unpaired) electrons. The lowest BCUT2D eigenvalue weighted by Gasteiger charge is -1.97. The molecule has 0 atom stereocenters. The molecule has 0 aliphatic rings. The van der Waals surface area contributed by atoms with E-state index >= 15 is 0 Å². The Labute approximate surface area is 61.1 Å². The van der Waals surface area contributed by atoms with Crippen LogP contribution in [0.1, 0.15) is 0 Å². The monoisotopic (exact) mass is 155 g/mol. The molecule has 1 aromatic heterocycles. The zero-order valence-corrected chi connectivity index (χ0v) is 5.39. The molecule has 11 heavy (non-hydrogen) atoms. The quantitative estimate of drug-likeness (QED) is 0.556. The summed E-state index contributed by atoms with van der Waals surface area (Å²) in [7, 11) is 0. The number of pyridine rings is 1. The van der Waals surface area contributed by atoms with Crippen molar-refractivity contribution in [2.45, 2.75) is 0 Å². The minimum absolute atomic E-state index is 0.574. The second-order valence-corrected chi connectivity index (χ2v) is 1.88. The molecule has 0 bridgehead atoms. The summed E-state index contributed by atoms with van der Waals surface area (Å²) >= 11 is 0. The van der Waals surface area contributed by atoms with E-state index in [0.29, 0.717) is 4.57 Å². The molecule has 1 aromatic rings. The first-order chi connectivity index (χ1) is 5.11. The van der Waals surface area contributed by atoms with Crippen molar-refractivity contribution in [1.29, 1.82) is 0 Å². The molecule has 0 saturated heterocycles. The SMILES string of the molecule is O=C(O)n1ccc(=O)c(O)c1. The van der Waals surface area contributed by atoms with Crippen LogP contribution in [0.5, 0.6) is 5.75 Å². The average molecular weight is 155 g/mol. The normalized spacial score (nSPS) is 9.45. The first-order valence-electron chi connectivity index (χ1n) is 2.76. The van der Waals surface area contributed by atoms with Gasteiger partial charge in [-0.15, -0.1) is 0 Å². The van der Waals surface area contributed by atoms with E-state index in [1.165, 1.54) is 0 Å². The van der Waals surface area contributed by atoms with E-state index in [0.717, 1.165) is 18.5 Å². The fraction of sp³-hybridized carbons (Fsp3) is 0. The fourth-order valence-corrected chi connectivity index (χ4v) is 0.591. The second-order valence-electron chi connectivity index (χ2n) is 1.88. The molecule has 0 unspecified atom stereocenters. The Morgan fingerprint density at radius 1 is 1.55 bits per heavy atom. The molecule has 5 heteroatoms. The maximum Gasteiger partial charge on any atom is 0.415 e. The molecule has 0 saturated carbocycles. The maximum absolute atomic E-state index is 10.5. The topological polar surface area (TPSA) is 79.5 Å². The average Bonchev–Trinajstić information content (AvgIpc) is 1.94. The Morgan fingerprint density at radius 3 is 2.64 bits per heavy atom. The highest BCUT2D eigenvalue weighted by Crippen LogP contribution is 1.97. The summed E-state index contributed by atoms with van der Waals surface area (Å²) < 4.78 is 0.691. The Bertz CT molecular complexity index is 341. The lowest BCUT2D eigenvalue weighted by molar-refractivity contribution is 0.195. The van der Waals surface area contributed by atoms with Gasteiger partial charge in [-0.3, -0.25) is 9.36 Å². The molecule has 5 nitrogen and oxygen atoms in total. The van der Waals surface area contributed by atoms with Crippen LogP contribution in [0, 0.1) is 0 Å². The maximum atomic E-state index is 10.5. The Morgan fingerprint density at radius 2 is 2.18 bits per heavy atom. The predicted molar refractivity (Wildman–Crippen MR) is 35.8 cm³/mol. The van der Waals surface area contributed by atoms with Crippen molar-refractivity contribution in [3.8, 4) is 5.75 Å². The van der Waals surface area contributed by atoms with Gasteiger partial charge in [0.1, 0.15) is 0 Å². The Kier molecular flexibility index (Phi) is 1.63. The van der Waals surface area contributed by atoms with Gasteiger partial charge in [-0.25, -0.2) is 4.79 Å². The lowest BCUT2D eigenvalue weighted by Crippen LogP contribution is -2.11. The van der Waals surface area contributed by atoms with Crippen LogP contribution in [0.2, 0.25) is 0 Å². The number of rotatable bonds is 0. The van der Waals surface area contributed by atoms with Crippen LogP contribution in [0.25, 0.3) is 0 Å². The summed E-state index contributed by atoms with van der Waals surface area (Å²) in [4.78, 5) is 20.8. The molecule has 1 rings (SSSR count). The van der Waals surface area contributed by atoms with Crippen LogP contribution in [0.3, 0.4) is 0 Å². The third-order valence-corrected chi connectivity index (χ3v) is 1.12. The van der Waals surface area contributed by atoms with Gasteiger partial charge in [0.2, 0.25) is 5.43 Å². The zero-order valence-electron chi connectivity index (χ0n) is 5.39. The third-order valence-electron chi connectivity index (χ3n) is 1.12. The number of aromatic nitrogens is 1. The van der Waals surface area contributed by atoms with Gasteiger partial charge in [-0.2, -0.15) is 0 Å². The van der Waals surface area contributed by atoms with E-state index in [4.69, 9.17) is 10.2 Å². The summed E-state index contributed by atoms with van der Waals surface area (Å²) in [6.45, 7) is 0. The molecular weight excluding hydrogens is 150 g/mol. The number of hydrogen-bond donors (Lipinski definition) is 2. The standard InChI is InChI=1S/C6H5NO4/c8-4-1-2-7(6(10)11)3-5(4)9/h1-3,9H,(H,10,11). The molecule has 0 fully saturated rings. The minimum Gasteiger partial charge on any atom is -0.503 e. The van der Waals surface area contributed by atoms with Gasteiger partial charge in [0, 0.05) is 12.3 Å². The van der Waals surface area contributed by atoms with Crippen LogP contribution < -0.4 is 5.43 Å². The summed E-state index contributed by atoms with van der Waals surface area (Å²) in [6, 6.07) is 0.976. The fourth-order valence-electron chi connectivity index (χ4n) is 0.591. The van der Waals surface area contributed by atoms with Gasteiger partial charge in [0.25, 0.3) is 0 Å². The van der Waals surface area contributed by atoms with Gasteiger partial charge in [-0.05, 0) is 0 Å². The highest BCUT2D eigenvalue weighted by atomic mass is 16.4. The van der Waals surface area contributed by atoms with Crippen molar-refractivity contribution in [3.63, 3.8) is 0 Å². The van der Waals surface area contributed by atoms with Gasteiger partial charge in [0.15, 0.2) is 5.75 Å². The molecule has 58 valence electrons. The van der Waals surface area contributed by atoms with Crippen molar-refractivity contribution < 1.29 is 15.0 Å². The number of nitrogens with zero attached hydrogens (tertiary/aromatic N) is 1. The molecule has 0 aliphatic heterocycles. The Balaban J connectivity index is 3.26. The summed E-state index contributed by atoms with van der Waals surface area (Å²) in [5, 5.41) is 17.1. The van der Waals surface area contributed by atoms with E-state index in [9.17, 15) is 9.59 Å². The van der Waals surface area contributed by atoms with Crippen LogP contribution in [-0.4, -0.2) is 20.9 Å². The van der Waals surface area contributed by atoms with Gasteiger partial charge >= 0.3 is 6.09 Å². The van der Waals surface area contributed by atoms with Crippen LogP contribution in [0.4, 0.5) is 4.79 Å². The van der Waals surface area contributed by atoms with Crippen molar-refractivity contribution in [3.05, 3.63) is 28.7 Å². The van der Waals surface area contributed by atoms with Crippen molar-refractivity contribution in [2.75, 3.05) is 0 Å². The molecule has 0 aromatic carbocycles. The number of hydrogen-bond acceptors (Lipinski definition) is 3. The highest BCUT2D eigenvalue weighted by molar-refractivity contribution is 5.68. The molecule has 0 aliphatic carbocycles. The van der Waals surface area contributed by atoms with Crippen molar-refractivity contribution in [2.24, 2.45) is 0 Å². The zero-order chi connectivity index (χ0) is 8.43. The number of carboxylic acid groups (broad SMARTS) is 1. The first kappa shape index (κ1) is 7.33. The van der Waals surface area contributed by atoms with E-state index in [1.807, 2.05) is 0 Å². The predicted octanol–water partition coefficient (Wildman–Crippen LogP) is 0.0800. The van der Waals surface area contributed by atoms with E-state index in [-0.39, 0.29) is 0 Å². The molecule has 0 spiro atoms. The summed E-state index contributed by atoms with van der Waals surface area (Å²) in [5.74, 6) is -0.574. The first-order valence-corrected chi connectivity index (χ1v) is 2.76. The van der Waals surface area contributed by atoms with Crippen molar-refractivity contribution >= 4 is 6.09 Å². The van der Waals surface area contributed by atoms with Crippen LogP contribution in [0.15, 0.2) is 23.3 Å². The van der Waals surface area contributed by atoms with E-state index in [1.54, 1.807) is 0 Å². The smallest absolute Gasteiger partial charge is 0.415 e. The minimum atomic E-state index is -1.25. The summed E-state index contributed by atoms with van der Waals surface area (Å²) in [6.07, 6.45) is 0.648. The Hall–Kier alpha value is -1.78. The number of carbonyl (C=O) groups is 1. The van der Waals surface area contributed by atoms with E-state index < -0.39 is 17.3 Å².